The van der Waals surface area contributed by atoms with Gasteiger partial charge in [0.1, 0.15) is 5.01 Å². The fraction of sp³-hybridized carbons (Fsp3) is 0.250. The number of esters is 1. The zero-order valence-corrected chi connectivity index (χ0v) is 14.2. The van der Waals surface area contributed by atoms with Crippen molar-refractivity contribution in [3.8, 4) is 21.1 Å². The van der Waals surface area contributed by atoms with Gasteiger partial charge in [-0.25, -0.2) is 9.78 Å². The summed E-state index contributed by atoms with van der Waals surface area (Å²) in [6, 6.07) is 4.06. The summed E-state index contributed by atoms with van der Waals surface area (Å²) >= 11 is 3.25. The van der Waals surface area contributed by atoms with Crippen LogP contribution in [0.1, 0.15) is 28.7 Å². The number of ether oxygens (including phenoxy) is 1. The van der Waals surface area contributed by atoms with Crippen LogP contribution in [0.3, 0.4) is 0 Å². The highest BCUT2D eigenvalue weighted by Gasteiger charge is 2.23. The van der Waals surface area contributed by atoms with E-state index in [1.165, 1.54) is 0 Å². The van der Waals surface area contributed by atoms with Crippen molar-refractivity contribution in [2.24, 2.45) is 0 Å². The van der Waals surface area contributed by atoms with Gasteiger partial charge in [-0.1, -0.05) is 6.07 Å². The Morgan fingerprint density at radius 1 is 1.32 bits per heavy atom. The van der Waals surface area contributed by atoms with Gasteiger partial charge in [-0.05, 0) is 32.2 Å². The number of carbonyl (C=O) groups is 1. The molecule has 0 aliphatic carbocycles. The smallest absolute Gasteiger partial charge is 0.340 e. The first-order chi connectivity index (χ1) is 10.6. The van der Waals surface area contributed by atoms with E-state index >= 15 is 0 Å². The molecule has 22 heavy (non-hydrogen) atoms. The minimum Gasteiger partial charge on any atom is -0.462 e. The summed E-state index contributed by atoms with van der Waals surface area (Å²) in [7, 11) is 0. The van der Waals surface area contributed by atoms with Crippen LogP contribution in [0, 0.1) is 13.8 Å². The van der Waals surface area contributed by atoms with Crippen molar-refractivity contribution in [3.05, 3.63) is 39.8 Å². The molecule has 0 unspecified atom stereocenters. The SMILES string of the molecule is CCOC(=O)c1c(C)[nH]c(C)c1-c1csc(-c2cccs2)n1. The molecule has 0 amide bonds. The van der Waals surface area contributed by atoms with E-state index in [0.717, 1.165) is 32.5 Å². The van der Waals surface area contributed by atoms with E-state index in [2.05, 4.69) is 11.1 Å². The van der Waals surface area contributed by atoms with E-state index in [0.29, 0.717) is 12.2 Å². The van der Waals surface area contributed by atoms with Gasteiger partial charge in [-0.15, -0.1) is 22.7 Å². The van der Waals surface area contributed by atoms with Crippen LogP contribution in [0.2, 0.25) is 0 Å². The predicted molar refractivity (Wildman–Crippen MR) is 90.6 cm³/mol. The van der Waals surface area contributed by atoms with E-state index < -0.39 is 0 Å². The van der Waals surface area contributed by atoms with E-state index in [1.807, 2.05) is 37.6 Å². The van der Waals surface area contributed by atoms with Crippen molar-refractivity contribution >= 4 is 28.6 Å². The van der Waals surface area contributed by atoms with Crippen molar-refractivity contribution in [3.63, 3.8) is 0 Å². The molecule has 0 aliphatic rings. The highest BCUT2D eigenvalue weighted by molar-refractivity contribution is 7.20. The van der Waals surface area contributed by atoms with Gasteiger partial charge in [0.15, 0.2) is 0 Å². The molecule has 0 bridgehead atoms. The maximum Gasteiger partial charge on any atom is 0.340 e. The minimum absolute atomic E-state index is 0.301. The Bertz CT molecular complexity index is 800. The summed E-state index contributed by atoms with van der Waals surface area (Å²) in [5.74, 6) is -0.301. The molecule has 0 atom stereocenters. The molecule has 0 spiro atoms. The Balaban J connectivity index is 2.07. The lowest BCUT2D eigenvalue weighted by atomic mass is 10.1. The second-order valence-electron chi connectivity index (χ2n) is 4.86. The topological polar surface area (TPSA) is 55.0 Å². The highest BCUT2D eigenvalue weighted by atomic mass is 32.1. The van der Waals surface area contributed by atoms with Crippen LogP contribution >= 0.6 is 22.7 Å². The molecule has 0 radical (unpaired) electrons. The van der Waals surface area contributed by atoms with Crippen LogP contribution in [0.25, 0.3) is 21.1 Å². The van der Waals surface area contributed by atoms with E-state index in [9.17, 15) is 4.79 Å². The second-order valence-corrected chi connectivity index (χ2v) is 6.67. The lowest BCUT2D eigenvalue weighted by Gasteiger charge is -2.04. The Morgan fingerprint density at radius 3 is 2.82 bits per heavy atom. The number of aryl methyl sites for hydroxylation is 2. The molecular formula is C16H16N2O2S2. The average molecular weight is 332 g/mol. The molecule has 114 valence electrons. The highest BCUT2D eigenvalue weighted by Crippen LogP contribution is 2.35. The van der Waals surface area contributed by atoms with Crippen molar-refractivity contribution in [1.29, 1.82) is 0 Å². The number of aromatic nitrogens is 2. The molecule has 0 saturated carbocycles. The monoisotopic (exact) mass is 332 g/mol. The number of hydrogen-bond acceptors (Lipinski definition) is 5. The van der Waals surface area contributed by atoms with Gasteiger partial charge in [-0.2, -0.15) is 0 Å². The van der Waals surface area contributed by atoms with Crippen LogP contribution in [0.4, 0.5) is 0 Å². The number of thiophene rings is 1. The van der Waals surface area contributed by atoms with Gasteiger partial charge >= 0.3 is 5.97 Å². The molecule has 3 aromatic heterocycles. The summed E-state index contributed by atoms with van der Waals surface area (Å²) in [5.41, 5.74) is 4.00. The van der Waals surface area contributed by atoms with Crippen molar-refractivity contribution in [2.75, 3.05) is 6.61 Å². The summed E-state index contributed by atoms with van der Waals surface area (Å²) in [4.78, 5) is 21.3. The fourth-order valence-corrected chi connectivity index (χ4v) is 4.09. The first-order valence-corrected chi connectivity index (χ1v) is 8.73. The standard InChI is InChI=1S/C16H16N2O2S2/c1-4-20-16(19)14-10(3)17-9(2)13(14)11-8-22-15(18-11)12-6-5-7-21-12/h5-8,17H,4H2,1-3H3. The molecule has 4 nitrogen and oxygen atoms in total. The van der Waals surface area contributed by atoms with Gasteiger partial charge < -0.3 is 9.72 Å². The third-order valence-electron chi connectivity index (χ3n) is 3.35. The first-order valence-electron chi connectivity index (χ1n) is 6.97. The molecular weight excluding hydrogens is 316 g/mol. The second kappa shape index (κ2) is 6.06. The van der Waals surface area contributed by atoms with Gasteiger partial charge in [-0.3, -0.25) is 0 Å². The quantitative estimate of drug-likeness (QED) is 0.707. The molecule has 0 saturated heterocycles. The van der Waals surface area contributed by atoms with Crippen LogP contribution < -0.4 is 0 Å². The minimum atomic E-state index is -0.301. The molecule has 3 rings (SSSR count). The van der Waals surface area contributed by atoms with Crippen LogP contribution in [0.5, 0.6) is 0 Å². The number of H-pyrrole nitrogens is 1. The summed E-state index contributed by atoms with van der Waals surface area (Å²) in [6.45, 7) is 6.01. The zero-order valence-electron chi connectivity index (χ0n) is 12.6. The Hall–Kier alpha value is -1.92. The third-order valence-corrected chi connectivity index (χ3v) is 5.23. The predicted octanol–water partition coefficient (Wildman–Crippen LogP) is 4.66. The first kappa shape index (κ1) is 15.0. The molecule has 3 heterocycles. The van der Waals surface area contributed by atoms with E-state index in [4.69, 9.17) is 9.72 Å². The molecule has 0 aliphatic heterocycles. The summed E-state index contributed by atoms with van der Waals surface area (Å²) in [6.07, 6.45) is 0. The molecule has 1 N–H and O–H groups in total. The lowest BCUT2D eigenvalue weighted by molar-refractivity contribution is 0.0526. The summed E-state index contributed by atoms with van der Waals surface area (Å²) in [5, 5.41) is 5.00. The zero-order chi connectivity index (χ0) is 15.7. The number of carbonyl (C=O) groups excluding carboxylic acids is 1. The van der Waals surface area contributed by atoms with Crippen molar-refractivity contribution in [2.45, 2.75) is 20.8 Å². The number of nitrogens with zero attached hydrogens (tertiary/aromatic N) is 1. The maximum atomic E-state index is 12.2. The van der Waals surface area contributed by atoms with Crippen LogP contribution in [-0.4, -0.2) is 22.5 Å². The Kier molecular flexibility index (Phi) is 4.13. The van der Waals surface area contributed by atoms with Crippen LogP contribution in [0.15, 0.2) is 22.9 Å². The van der Waals surface area contributed by atoms with Crippen molar-refractivity contribution in [1.82, 2.24) is 9.97 Å². The largest absolute Gasteiger partial charge is 0.462 e. The number of aromatic amines is 1. The van der Waals surface area contributed by atoms with Gasteiger partial charge in [0.25, 0.3) is 0 Å². The average Bonchev–Trinajstić information content (AvgIpc) is 3.17. The van der Waals surface area contributed by atoms with E-state index in [-0.39, 0.29) is 5.97 Å². The molecule has 0 aromatic carbocycles. The number of rotatable bonds is 4. The van der Waals surface area contributed by atoms with Gasteiger partial charge in [0.05, 0.1) is 22.7 Å². The maximum absolute atomic E-state index is 12.2. The lowest BCUT2D eigenvalue weighted by Crippen LogP contribution is -2.06. The van der Waals surface area contributed by atoms with Gasteiger partial charge in [0.2, 0.25) is 0 Å². The number of nitrogens with one attached hydrogen (secondary N) is 1. The Morgan fingerprint density at radius 2 is 2.14 bits per heavy atom. The molecule has 0 fully saturated rings. The molecule has 3 aromatic rings. The normalized spacial score (nSPS) is 10.9. The molecule has 6 heteroatoms. The van der Waals surface area contributed by atoms with E-state index in [1.54, 1.807) is 22.7 Å². The number of hydrogen-bond donors (Lipinski definition) is 1. The number of thiazole rings is 1. The van der Waals surface area contributed by atoms with Crippen molar-refractivity contribution < 1.29 is 9.53 Å². The van der Waals surface area contributed by atoms with Gasteiger partial charge in [0, 0.05) is 22.3 Å². The van der Waals surface area contributed by atoms with Crippen LogP contribution in [-0.2, 0) is 4.74 Å². The third kappa shape index (κ3) is 2.60. The summed E-state index contributed by atoms with van der Waals surface area (Å²) < 4.78 is 5.18. The Labute approximate surface area is 136 Å². The fourth-order valence-electron chi connectivity index (χ4n) is 2.46.